The maximum atomic E-state index is 9.61. The van der Waals surface area contributed by atoms with Crippen molar-refractivity contribution in [3.8, 4) is 12.0 Å². The first-order chi connectivity index (χ1) is 15.1. The summed E-state index contributed by atoms with van der Waals surface area (Å²) in [4.78, 5) is 14.9. The maximum absolute atomic E-state index is 9.61. The van der Waals surface area contributed by atoms with Gasteiger partial charge in [0.05, 0.1) is 5.69 Å². The lowest BCUT2D eigenvalue weighted by atomic mass is 10.3. The van der Waals surface area contributed by atoms with E-state index in [-0.39, 0.29) is 5.82 Å². The van der Waals surface area contributed by atoms with Crippen LogP contribution in [0.5, 0.6) is 0 Å². The SMILES string of the molecule is Cc1nn(-c2ncccn2)c(/N=N/c2sc(N(C)C)nc2Nc2ccccc2)c1C#N. The second kappa shape index (κ2) is 8.68. The quantitative estimate of drug-likeness (QED) is 0.446. The van der Waals surface area contributed by atoms with Gasteiger partial charge in [-0.2, -0.15) is 15.0 Å². The number of benzene rings is 1. The molecule has 0 aliphatic heterocycles. The maximum Gasteiger partial charge on any atom is 0.252 e. The zero-order valence-electron chi connectivity index (χ0n) is 17.1. The second-order valence-corrected chi connectivity index (χ2v) is 7.55. The molecule has 0 radical (unpaired) electrons. The van der Waals surface area contributed by atoms with Crippen molar-refractivity contribution in [3.63, 3.8) is 0 Å². The zero-order valence-corrected chi connectivity index (χ0v) is 17.9. The molecule has 0 bridgehead atoms. The van der Waals surface area contributed by atoms with Gasteiger partial charge in [-0.25, -0.2) is 15.0 Å². The van der Waals surface area contributed by atoms with Gasteiger partial charge in [-0.15, -0.1) is 10.2 Å². The highest BCUT2D eigenvalue weighted by Crippen LogP contribution is 2.39. The number of nitrogens with one attached hydrogen (secondary N) is 1. The molecule has 0 fully saturated rings. The summed E-state index contributed by atoms with van der Waals surface area (Å²) in [5.74, 6) is 1.14. The van der Waals surface area contributed by atoms with Crippen LogP contribution >= 0.6 is 11.3 Å². The number of anilines is 3. The molecule has 1 aromatic carbocycles. The largest absolute Gasteiger partial charge is 0.354 e. The molecule has 3 aromatic heterocycles. The van der Waals surface area contributed by atoms with Crippen molar-refractivity contribution in [1.82, 2.24) is 24.7 Å². The summed E-state index contributed by atoms with van der Waals surface area (Å²) in [7, 11) is 3.82. The van der Waals surface area contributed by atoms with Gasteiger partial charge in [-0.05, 0) is 25.1 Å². The van der Waals surface area contributed by atoms with E-state index in [1.807, 2.05) is 49.3 Å². The molecular weight excluding hydrogens is 412 g/mol. The molecule has 1 N–H and O–H groups in total. The molecule has 3 heterocycles. The van der Waals surface area contributed by atoms with E-state index in [0.717, 1.165) is 10.8 Å². The van der Waals surface area contributed by atoms with Crippen LogP contribution in [0.3, 0.4) is 0 Å². The van der Waals surface area contributed by atoms with Crippen molar-refractivity contribution in [2.75, 3.05) is 24.3 Å². The van der Waals surface area contributed by atoms with Gasteiger partial charge in [0.2, 0.25) is 0 Å². The van der Waals surface area contributed by atoms with Crippen molar-refractivity contribution in [1.29, 1.82) is 5.26 Å². The first-order valence-electron chi connectivity index (χ1n) is 9.26. The molecule has 31 heavy (non-hydrogen) atoms. The van der Waals surface area contributed by atoms with Gasteiger partial charge in [-0.1, -0.05) is 29.5 Å². The summed E-state index contributed by atoms with van der Waals surface area (Å²) < 4.78 is 1.41. The summed E-state index contributed by atoms with van der Waals surface area (Å²) in [6.45, 7) is 1.73. The molecule has 10 nitrogen and oxygen atoms in total. The minimum atomic E-state index is 0.261. The minimum absolute atomic E-state index is 0.261. The van der Waals surface area contributed by atoms with E-state index in [2.05, 4.69) is 41.7 Å². The fourth-order valence-electron chi connectivity index (χ4n) is 2.67. The minimum Gasteiger partial charge on any atom is -0.354 e. The van der Waals surface area contributed by atoms with Crippen molar-refractivity contribution in [2.45, 2.75) is 6.92 Å². The third-order valence-electron chi connectivity index (χ3n) is 4.14. The first kappa shape index (κ1) is 20.1. The Bertz CT molecular complexity index is 1250. The van der Waals surface area contributed by atoms with Gasteiger partial charge in [0.25, 0.3) is 5.95 Å². The summed E-state index contributed by atoms with van der Waals surface area (Å²) in [6.07, 6.45) is 3.20. The summed E-state index contributed by atoms with van der Waals surface area (Å²) in [5.41, 5.74) is 1.71. The Morgan fingerprint density at radius 1 is 1.10 bits per heavy atom. The van der Waals surface area contributed by atoms with E-state index in [9.17, 15) is 5.26 Å². The van der Waals surface area contributed by atoms with E-state index < -0.39 is 0 Å². The molecule has 154 valence electrons. The second-order valence-electron chi connectivity index (χ2n) is 6.59. The van der Waals surface area contributed by atoms with Crippen LogP contribution in [-0.4, -0.2) is 38.8 Å². The Morgan fingerprint density at radius 2 is 1.84 bits per heavy atom. The molecule has 0 spiro atoms. The predicted octanol–water partition coefficient (Wildman–Crippen LogP) is 4.52. The Balaban J connectivity index is 1.76. The van der Waals surface area contributed by atoms with Gasteiger partial charge in [0.1, 0.15) is 11.6 Å². The van der Waals surface area contributed by atoms with Crippen molar-refractivity contribution >= 4 is 38.8 Å². The van der Waals surface area contributed by atoms with Crippen LogP contribution in [0, 0.1) is 18.3 Å². The lowest BCUT2D eigenvalue weighted by Gasteiger charge is -2.05. The third-order valence-corrected chi connectivity index (χ3v) is 5.25. The molecule has 11 heteroatoms. The van der Waals surface area contributed by atoms with Crippen LogP contribution < -0.4 is 10.2 Å². The smallest absolute Gasteiger partial charge is 0.252 e. The molecule has 0 aliphatic rings. The average Bonchev–Trinajstić information content (AvgIpc) is 3.33. The van der Waals surface area contributed by atoms with E-state index in [1.54, 1.807) is 25.4 Å². The number of aromatic nitrogens is 5. The summed E-state index contributed by atoms with van der Waals surface area (Å²) >= 11 is 1.38. The highest BCUT2D eigenvalue weighted by molar-refractivity contribution is 7.19. The molecule has 4 aromatic rings. The Hall–Kier alpha value is -4.17. The van der Waals surface area contributed by atoms with Gasteiger partial charge in [0, 0.05) is 32.2 Å². The monoisotopic (exact) mass is 430 g/mol. The lowest BCUT2D eigenvalue weighted by Crippen LogP contribution is -2.07. The first-order valence-corrected chi connectivity index (χ1v) is 10.1. The van der Waals surface area contributed by atoms with Crippen LogP contribution in [0.15, 0.2) is 59.0 Å². The molecule has 4 rings (SSSR count). The number of aryl methyl sites for hydroxylation is 1. The zero-order chi connectivity index (χ0) is 21.8. The van der Waals surface area contributed by atoms with Gasteiger partial charge >= 0.3 is 0 Å². The fraction of sp³-hybridized carbons (Fsp3) is 0.150. The van der Waals surface area contributed by atoms with Crippen LogP contribution in [0.25, 0.3) is 5.95 Å². The Kier molecular flexibility index (Phi) is 5.63. The molecule has 0 saturated carbocycles. The number of thiazole rings is 1. The number of nitrogens with zero attached hydrogens (tertiary/aromatic N) is 9. The normalized spacial score (nSPS) is 10.9. The Morgan fingerprint density at radius 3 is 2.52 bits per heavy atom. The Labute approximate surface area is 182 Å². The van der Waals surface area contributed by atoms with Crippen LogP contribution in [0.2, 0.25) is 0 Å². The number of para-hydroxylation sites is 1. The number of hydrogen-bond donors (Lipinski definition) is 1. The van der Waals surface area contributed by atoms with Crippen molar-refractivity contribution in [2.24, 2.45) is 10.2 Å². The highest BCUT2D eigenvalue weighted by atomic mass is 32.1. The number of azo groups is 1. The average molecular weight is 431 g/mol. The van der Waals surface area contributed by atoms with Gasteiger partial charge in [0.15, 0.2) is 21.8 Å². The van der Waals surface area contributed by atoms with Gasteiger partial charge in [-0.3, -0.25) is 0 Å². The van der Waals surface area contributed by atoms with E-state index in [4.69, 9.17) is 0 Å². The molecule has 0 amide bonds. The van der Waals surface area contributed by atoms with E-state index in [0.29, 0.717) is 28.0 Å². The number of rotatable bonds is 6. The predicted molar refractivity (Wildman–Crippen MR) is 119 cm³/mol. The molecule has 0 aliphatic carbocycles. The lowest BCUT2D eigenvalue weighted by molar-refractivity contribution is 0.793. The van der Waals surface area contributed by atoms with Crippen LogP contribution in [0.1, 0.15) is 11.3 Å². The van der Waals surface area contributed by atoms with E-state index in [1.165, 1.54) is 16.0 Å². The third kappa shape index (κ3) is 4.24. The topological polar surface area (TPSA) is 120 Å². The molecular formula is C20H18N10S. The van der Waals surface area contributed by atoms with E-state index >= 15 is 0 Å². The molecule has 0 unspecified atom stereocenters. The standard InChI is InChI=1S/C20H18N10S/c1-13-15(12-21)17(30(28-13)19-22-10-7-11-23-19)26-27-18-16(25-20(31-18)29(2)3)24-14-8-5-4-6-9-14/h4-11,24H,1-3H3/b27-26+. The van der Waals surface area contributed by atoms with Gasteiger partial charge < -0.3 is 10.2 Å². The highest BCUT2D eigenvalue weighted by Gasteiger charge is 2.19. The van der Waals surface area contributed by atoms with Crippen LogP contribution in [0.4, 0.5) is 27.5 Å². The molecule has 0 saturated heterocycles. The number of nitriles is 1. The van der Waals surface area contributed by atoms with Crippen LogP contribution in [-0.2, 0) is 0 Å². The van der Waals surface area contributed by atoms with Crippen molar-refractivity contribution in [3.05, 3.63) is 60.0 Å². The van der Waals surface area contributed by atoms with Crippen molar-refractivity contribution < 1.29 is 0 Å². The fourth-order valence-corrected chi connectivity index (χ4v) is 3.44. The molecule has 0 atom stereocenters. The summed E-state index contributed by atoms with van der Waals surface area (Å²) in [5, 5.41) is 27.3. The number of hydrogen-bond acceptors (Lipinski definition) is 10. The summed E-state index contributed by atoms with van der Waals surface area (Å²) in [6, 6.07) is 13.5.